The molecule has 3 rings (SSSR count). The second-order valence-electron chi connectivity index (χ2n) is 7.63. The van der Waals surface area contributed by atoms with Gasteiger partial charge in [-0.15, -0.1) is 0 Å². The van der Waals surface area contributed by atoms with Gasteiger partial charge in [-0.2, -0.15) is 5.10 Å². The molecule has 1 aliphatic carbocycles. The fourth-order valence-corrected chi connectivity index (χ4v) is 3.59. The molecule has 0 spiro atoms. The molecular weight excluding hydrogens is 358 g/mol. The number of carbonyl (C=O) groups excluding carboxylic acids is 1. The van der Waals surface area contributed by atoms with E-state index < -0.39 is 0 Å². The summed E-state index contributed by atoms with van der Waals surface area (Å²) in [6, 6.07) is 5.34. The van der Waals surface area contributed by atoms with Crippen LogP contribution in [0.1, 0.15) is 43.7 Å². The van der Waals surface area contributed by atoms with Gasteiger partial charge in [0, 0.05) is 32.2 Å². The maximum atomic E-state index is 13.3. The quantitative estimate of drug-likeness (QED) is 0.650. The minimum absolute atomic E-state index is 0.104. The van der Waals surface area contributed by atoms with Gasteiger partial charge in [-0.25, -0.2) is 4.68 Å². The fourth-order valence-electron chi connectivity index (χ4n) is 3.59. The van der Waals surface area contributed by atoms with E-state index in [9.17, 15) is 9.59 Å². The first-order chi connectivity index (χ1) is 13.4. The third-order valence-electron chi connectivity index (χ3n) is 5.07. The molecule has 0 fully saturated rings. The predicted octanol–water partition coefficient (Wildman–Crippen LogP) is 2.32. The zero-order valence-electron chi connectivity index (χ0n) is 16.9. The number of hydrogen-bond donors (Lipinski definition) is 0. The Labute approximate surface area is 165 Å². The standard InChI is InChI=1S/C21H29N3O4/c1-15(2)27-11-5-9-24(14-18-6-4-10-28-18)21(26)16-7-8-19-17(12-16)13-20(25)23(3)22-19/h4,6,10,13,15-16H,5,7-9,11-12,14H2,1-3H3. The van der Waals surface area contributed by atoms with Crippen LogP contribution in [-0.4, -0.2) is 39.8 Å². The first kappa shape index (κ1) is 20.3. The van der Waals surface area contributed by atoms with Crippen LogP contribution in [0.2, 0.25) is 0 Å². The number of carbonyl (C=O) groups is 1. The lowest BCUT2D eigenvalue weighted by Crippen LogP contribution is -2.39. The summed E-state index contributed by atoms with van der Waals surface area (Å²) >= 11 is 0. The maximum absolute atomic E-state index is 13.3. The van der Waals surface area contributed by atoms with Gasteiger partial charge in [0.15, 0.2) is 0 Å². The first-order valence-electron chi connectivity index (χ1n) is 9.93. The highest BCUT2D eigenvalue weighted by atomic mass is 16.5. The molecule has 2 heterocycles. The molecule has 0 aromatic carbocycles. The number of aromatic nitrogens is 2. The monoisotopic (exact) mass is 387 g/mol. The lowest BCUT2D eigenvalue weighted by Gasteiger charge is -2.29. The van der Waals surface area contributed by atoms with E-state index in [0.717, 1.165) is 29.9 Å². The molecule has 1 unspecified atom stereocenters. The van der Waals surface area contributed by atoms with Crippen molar-refractivity contribution in [2.45, 2.75) is 52.2 Å². The van der Waals surface area contributed by atoms with Gasteiger partial charge in [0.05, 0.1) is 24.6 Å². The third-order valence-corrected chi connectivity index (χ3v) is 5.07. The van der Waals surface area contributed by atoms with E-state index in [1.807, 2.05) is 30.9 Å². The molecule has 0 N–H and O–H groups in total. The predicted molar refractivity (Wildman–Crippen MR) is 105 cm³/mol. The number of nitrogens with zero attached hydrogens (tertiary/aromatic N) is 3. The summed E-state index contributed by atoms with van der Waals surface area (Å²) in [6.45, 7) is 5.69. The Hall–Kier alpha value is -2.41. The summed E-state index contributed by atoms with van der Waals surface area (Å²) in [6.07, 6.45) is 4.60. The molecule has 0 saturated heterocycles. The molecule has 152 valence electrons. The van der Waals surface area contributed by atoms with E-state index in [2.05, 4.69) is 5.10 Å². The van der Waals surface area contributed by atoms with Crippen molar-refractivity contribution < 1.29 is 13.9 Å². The molecule has 2 aromatic heterocycles. The molecule has 0 radical (unpaired) electrons. The average Bonchev–Trinajstić information content (AvgIpc) is 3.17. The molecular formula is C21H29N3O4. The number of rotatable bonds is 8. The Morgan fingerprint density at radius 3 is 3.00 bits per heavy atom. The average molecular weight is 387 g/mol. The molecule has 7 nitrogen and oxygen atoms in total. The molecule has 28 heavy (non-hydrogen) atoms. The van der Waals surface area contributed by atoms with E-state index in [1.165, 1.54) is 4.68 Å². The van der Waals surface area contributed by atoms with E-state index >= 15 is 0 Å². The van der Waals surface area contributed by atoms with Crippen LogP contribution < -0.4 is 5.56 Å². The van der Waals surface area contributed by atoms with Gasteiger partial charge >= 0.3 is 0 Å². The van der Waals surface area contributed by atoms with Crippen molar-refractivity contribution in [3.63, 3.8) is 0 Å². The van der Waals surface area contributed by atoms with Crippen LogP contribution in [0.5, 0.6) is 0 Å². The minimum Gasteiger partial charge on any atom is -0.467 e. The number of amides is 1. The van der Waals surface area contributed by atoms with Crippen LogP contribution in [0.4, 0.5) is 0 Å². The van der Waals surface area contributed by atoms with Gasteiger partial charge in [-0.05, 0) is 57.2 Å². The topological polar surface area (TPSA) is 77.6 Å². The second-order valence-corrected chi connectivity index (χ2v) is 7.63. The van der Waals surface area contributed by atoms with Gasteiger partial charge in [-0.3, -0.25) is 9.59 Å². The van der Waals surface area contributed by atoms with Crippen LogP contribution in [0.25, 0.3) is 0 Å². The van der Waals surface area contributed by atoms with Crippen molar-refractivity contribution in [1.29, 1.82) is 0 Å². The summed E-state index contributed by atoms with van der Waals surface area (Å²) in [5.41, 5.74) is 1.69. The van der Waals surface area contributed by atoms with Crippen molar-refractivity contribution in [1.82, 2.24) is 14.7 Å². The third kappa shape index (κ3) is 5.10. The van der Waals surface area contributed by atoms with E-state index in [4.69, 9.17) is 9.15 Å². The molecule has 0 saturated carbocycles. The van der Waals surface area contributed by atoms with Crippen molar-refractivity contribution in [2.24, 2.45) is 13.0 Å². The van der Waals surface area contributed by atoms with Gasteiger partial charge in [0.2, 0.25) is 5.91 Å². The van der Waals surface area contributed by atoms with Gasteiger partial charge in [0.1, 0.15) is 5.76 Å². The number of furan rings is 1. The molecule has 1 aliphatic rings. The SMILES string of the molecule is CC(C)OCCCN(Cc1ccco1)C(=O)C1CCc2nn(C)c(=O)cc2C1. The minimum atomic E-state index is -0.137. The molecule has 0 bridgehead atoms. The highest BCUT2D eigenvalue weighted by molar-refractivity contribution is 5.79. The fraction of sp³-hybridized carbons (Fsp3) is 0.571. The largest absolute Gasteiger partial charge is 0.467 e. The highest BCUT2D eigenvalue weighted by Crippen LogP contribution is 2.25. The van der Waals surface area contributed by atoms with Crippen LogP contribution in [0.3, 0.4) is 0 Å². The zero-order valence-corrected chi connectivity index (χ0v) is 16.9. The Bertz CT molecular complexity index is 842. The summed E-state index contributed by atoms with van der Waals surface area (Å²) in [5, 5.41) is 4.34. The van der Waals surface area contributed by atoms with E-state index in [-0.39, 0.29) is 23.5 Å². The smallest absolute Gasteiger partial charge is 0.266 e. The number of ether oxygens (including phenoxy) is 1. The lowest BCUT2D eigenvalue weighted by molar-refractivity contribution is -0.137. The number of aryl methyl sites for hydroxylation is 2. The van der Waals surface area contributed by atoms with Gasteiger partial charge in [0.25, 0.3) is 5.56 Å². The Morgan fingerprint density at radius 2 is 2.29 bits per heavy atom. The number of fused-ring (bicyclic) bond motifs is 1. The second kappa shape index (κ2) is 9.19. The van der Waals surface area contributed by atoms with Crippen molar-refractivity contribution in [2.75, 3.05) is 13.2 Å². The Balaban J connectivity index is 1.69. The number of hydrogen-bond acceptors (Lipinski definition) is 5. The summed E-state index contributed by atoms with van der Waals surface area (Å²) < 4.78 is 12.4. The zero-order chi connectivity index (χ0) is 20.1. The van der Waals surface area contributed by atoms with Crippen LogP contribution >= 0.6 is 0 Å². The molecule has 1 amide bonds. The molecule has 7 heteroatoms. The van der Waals surface area contributed by atoms with E-state index in [1.54, 1.807) is 19.4 Å². The molecule has 2 aromatic rings. The molecule has 1 atom stereocenters. The molecule has 0 aliphatic heterocycles. The van der Waals surface area contributed by atoms with Crippen LogP contribution in [-0.2, 0) is 36.0 Å². The summed E-state index contributed by atoms with van der Waals surface area (Å²) in [4.78, 5) is 27.0. The van der Waals surface area contributed by atoms with Crippen LogP contribution in [0, 0.1) is 5.92 Å². The Kier molecular flexibility index (Phi) is 6.67. The Morgan fingerprint density at radius 1 is 1.46 bits per heavy atom. The van der Waals surface area contributed by atoms with Crippen molar-refractivity contribution in [3.05, 3.63) is 51.8 Å². The van der Waals surface area contributed by atoms with Gasteiger partial charge < -0.3 is 14.1 Å². The summed E-state index contributed by atoms with van der Waals surface area (Å²) in [5.74, 6) is 0.736. The first-order valence-corrected chi connectivity index (χ1v) is 9.93. The lowest BCUT2D eigenvalue weighted by atomic mass is 9.86. The summed E-state index contributed by atoms with van der Waals surface area (Å²) in [7, 11) is 1.66. The van der Waals surface area contributed by atoms with Crippen molar-refractivity contribution in [3.8, 4) is 0 Å². The highest BCUT2D eigenvalue weighted by Gasteiger charge is 2.30. The van der Waals surface area contributed by atoms with E-state index in [0.29, 0.717) is 32.5 Å². The normalized spacial score (nSPS) is 16.2. The van der Waals surface area contributed by atoms with Gasteiger partial charge in [-0.1, -0.05) is 0 Å². The van der Waals surface area contributed by atoms with Crippen molar-refractivity contribution >= 4 is 5.91 Å². The van der Waals surface area contributed by atoms with Crippen LogP contribution in [0.15, 0.2) is 33.7 Å². The maximum Gasteiger partial charge on any atom is 0.266 e.